The molecule has 76 valence electrons. The molecule has 0 radical (unpaired) electrons. The molecule has 13 heavy (non-hydrogen) atoms. The summed E-state index contributed by atoms with van der Waals surface area (Å²) in [6.45, 7) is 0.0385. The Balaban J connectivity index is 2.62. The number of amides is 1. The summed E-state index contributed by atoms with van der Waals surface area (Å²) in [6, 6.07) is 0. The Hall–Kier alpha value is -0.780. The molecule has 0 aromatic heterocycles. The maximum absolute atomic E-state index is 12.2. The Morgan fingerprint density at radius 2 is 2.23 bits per heavy atom. The fourth-order valence-corrected chi connectivity index (χ4v) is 1.43. The Morgan fingerprint density at radius 3 is 2.54 bits per heavy atom. The first-order chi connectivity index (χ1) is 5.95. The van der Waals surface area contributed by atoms with Crippen LogP contribution in [0.25, 0.3) is 0 Å². The van der Waals surface area contributed by atoms with Crippen molar-refractivity contribution in [3.05, 3.63) is 0 Å². The lowest BCUT2D eigenvalue weighted by Crippen LogP contribution is -2.38. The van der Waals surface area contributed by atoms with Crippen molar-refractivity contribution in [2.24, 2.45) is 5.92 Å². The van der Waals surface area contributed by atoms with Gasteiger partial charge in [0.2, 0.25) is 5.91 Å². The lowest BCUT2D eigenvalue weighted by molar-refractivity contribution is -0.226. The van der Waals surface area contributed by atoms with E-state index in [1.165, 1.54) is 0 Å². The molecule has 2 atom stereocenters. The van der Waals surface area contributed by atoms with Crippen molar-refractivity contribution in [3.63, 3.8) is 0 Å². The predicted octanol–water partition coefficient (Wildman–Crippen LogP) is 0.700. The van der Waals surface area contributed by atoms with Crippen LogP contribution in [-0.4, -0.2) is 31.8 Å². The Bertz CT molecular complexity index is 204. The molecule has 3 nitrogen and oxygen atoms in total. The van der Waals surface area contributed by atoms with Gasteiger partial charge in [0.25, 0.3) is 0 Å². The number of ether oxygens (including phenoxy) is 1. The number of rotatable bonds is 2. The van der Waals surface area contributed by atoms with Crippen molar-refractivity contribution in [3.8, 4) is 0 Å². The molecule has 1 aliphatic heterocycles. The predicted molar refractivity (Wildman–Crippen MR) is 38.0 cm³/mol. The molecule has 1 N–H and O–H groups in total. The average Bonchev–Trinajstić information content (AvgIpc) is 2.34. The van der Waals surface area contributed by atoms with Gasteiger partial charge in [-0.25, -0.2) is 0 Å². The first kappa shape index (κ1) is 10.3. The van der Waals surface area contributed by atoms with Crippen LogP contribution in [0.5, 0.6) is 0 Å². The van der Waals surface area contributed by atoms with E-state index in [1.54, 1.807) is 0 Å². The fourth-order valence-electron chi connectivity index (χ4n) is 1.43. The van der Waals surface area contributed by atoms with Crippen molar-refractivity contribution in [2.45, 2.75) is 18.7 Å². The minimum absolute atomic E-state index is 0.0385. The molecule has 6 heteroatoms. The van der Waals surface area contributed by atoms with Crippen molar-refractivity contribution in [1.82, 2.24) is 5.32 Å². The van der Waals surface area contributed by atoms with Crippen LogP contribution in [0.15, 0.2) is 0 Å². The molecular formula is C7H10F3NO2. The van der Waals surface area contributed by atoms with Gasteiger partial charge in [-0.3, -0.25) is 4.79 Å². The fraction of sp³-hybridized carbons (Fsp3) is 0.857. The minimum Gasteiger partial charge on any atom is -0.372 e. The number of hydrogen-bond donors (Lipinski definition) is 1. The molecule has 1 fully saturated rings. The normalized spacial score (nSPS) is 25.8. The van der Waals surface area contributed by atoms with Crippen LogP contribution in [0.2, 0.25) is 0 Å². The van der Waals surface area contributed by atoms with Crippen LogP contribution < -0.4 is 5.32 Å². The Kier molecular flexibility index (Phi) is 2.80. The van der Waals surface area contributed by atoms with E-state index in [2.05, 4.69) is 10.1 Å². The van der Waals surface area contributed by atoms with Gasteiger partial charge in [-0.1, -0.05) is 0 Å². The van der Waals surface area contributed by atoms with Gasteiger partial charge in [0, 0.05) is 26.0 Å². The van der Waals surface area contributed by atoms with E-state index in [1.807, 2.05) is 0 Å². The summed E-state index contributed by atoms with van der Waals surface area (Å²) in [4.78, 5) is 10.7. The Labute approximate surface area is 73.2 Å². The largest absolute Gasteiger partial charge is 0.414 e. The van der Waals surface area contributed by atoms with Gasteiger partial charge < -0.3 is 10.1 Å². The van der Waals surface area contributed by atoms with E-state index in [4.69, 9.17) is 0 Å². The molecule has 1 amide bonds. The van der Waals surface area contributed by atoms with Crippen molar-refractivity contribution in [2.75, 3.05) is 13.7 Å². The quantitative estimate of drug-likeness (QED) is 0.707. The summed E-state index contributed by atoms with van der Waals surface area (Å²) in [6.07, 6.45) is -6.35. The third-order valence-electron chi connectivity index (χ3n) is 2.01. The van der Waals surface area contributed by atoms with E-state index < -0.39 is 18.2 Å². The van der Waals surface area contributed by atoms with Gasteiger partial charge in [-0.2, -0.15) is 13.2 Å². The molecule has 1 unspecified atom stereocenters. The second-order valence-corrected chi connectivity index (χ2v) is 2.97. The molecule has 0 spiro atoms. The monoisotopic (exact) mass is 197 g/mol. The molecular weight excluding hydrogens is 187 g/mol. The third-order valence-corrected chi connectivity index (χ3v) is 2.01. The number of methoxy groups -OCH3 is 1. The highest BCUT2D eigenvalue weighted by Gasteiger charge is 2.47. The van der Waals surface area contributed by atoms with E-state index >= 15 is 0 Å². The Morgan fingerprint density at radius 1 is 1.62 bits per heavy atom. The summed E-state index contributed by atoms with van der Waals surface area (Å²) in [5, 5.41) is 2.34. The first-order valence-corrected chi connectivity index (χ1v) is 3.81. The van der Waals surface area contributed by atoms with E-state index in [0.717, 1.165) is 7.11 Å². The minimum atomic E-state index is -4.40. The number of hydrogen-bond acceptors (Lipinski definition) is 2. The highest BCUT2D eigenvalue weighted by atomic mass is 19.4. The van der Waals surface area contributed by atoms with E-state index in [9.17, 15) is 18.0 Å². The van der Waals surface area contributed by atoms with Gasteiger partial charge in [0.05, 0.1) is 0 Å². The second-order valence-electron chi connectivity index (χ2n) is 2.97. The van der Waals surface area contributed by atoms with Gasteiger partial charge in [-0.15, -0.1) is 0 Å². The van der Waals surface area contributed by atoms with Crippen LogP contribution in [-0.2, 0) is 9.53 Å². The maximum atomic E-state index is 12.2. The number of carbonyl (C=O) groups is 1. The molecule has 0 bridgehead atoms. The smallest absolute Gasteiger partial charge is 0.372 e. The summed E-state index contributed by atoms with van der Waals surface area (Å²) >= 11 is 0. The highest BCUT2D eigenvalue weighted by molar-refractivity contribution is 5.78. The maximum Gasteiger partial charge on any atom is 0.414 e. The lowest BCUT2D eigenvalue weighted by Gasteiger charge is -2.22. The van der Waals surface area contributed by atoms with Crippen molar-refractivity contribution < 1.29 is 22.7 Å². The average molecular weight is 197 g/mol. The number of alkyl halides is 3. The van der Waals surface area contributed by atoms with Crippen LogP contribution in [0.1, 0.15) is 6.42 Å². The molecule has 0 saturated carbocycles. The summed E-state index contributed by atoms with van der Waals surface area (Å²) in [5.41, 5.74) is 0. The van der Waals surface area contributed by atoms with Gasteiger partial charge in [0.15, 0.2) is 6.10 Å². The zero-order chi connectivity index (χ0) is 10.1. The number of carbonyl (C=O) groups excluding carboxylic acids is 1. The number of nitrogens with one attached hydrogen (secondary N) is 1. The molecule has 1 heterocycles. The van der Waals surface area contributed by atoms with Crippen LogP contribution in [0.4, 0.5) is 13.2 Å². The molecule has 0 aromatic carbocycles. The van der Waals surface area contributed by atoms with Crippen molar-refractivity contribution in [1.29, 1.82) is 0 Å². The lowest BCUT2D eigenvalue weighted by atomic mass is 10.0. The molecule has 1 rings (SSSR count). The highest BCUT2D eigenvalue weighted by Crippen LogP contribution is 2.31. The summed E-state index contributed by atoms with van der Waals surface area (Å²) in [5.74, 6) is -1.14. The SMILES string of the molecule is COC([C@H]1CNC(=O)C1)C(F)(F)F. The molecule has 1 saturated heterocycles. The standard InChI is InChI=1S/C7H10F3NO2/c1-13-6(7(8,9)10)4-2-5(12)11-3-4/h4,6H,2-3H2,1H3,(H,11,12)/t4-,6?/m1/s1. The topological polar surface area (TPSA) is 38.3 Å². The van der Waals surface area contributed by atoms with Crippen molar-refractivity contribution >= 4 is 5.91 Å². The van der Waals surface area contributed by atoms with Gasteiger partial charge >= 0.3 is 6.18 Å². The first-order valence-electron chi connectivity index (χ1n) is 3.81. The third kappa shape index (κ3) is 2.33. The molecule has 0 aliphatic carbocycles. The second kappa shape index (κ2) is 3.53. The summed E-state index contributed by atoms with van der Waals surface area (Å²) in [7, 11) is 1.00. The van der Waals surface area contributed by atoms with Gasteiger partial charge in [0.1, 0.15) is 0 Å². The van der Waals surface area contributed by atoms with E-state index in [-0.39, 0.29) is 18.9 Å². The zero-order valence-electron chi connectivity index (χ0n) is 7.02. The summed E-state index contributed by atoms with van der Waals surface area (Å²) < 4.78 is 41.0. The molecule has 1 aliphatic rings. The van der Waals surface area contributed by atoms with Crippen LogP contribution in [0.3, 0.4) is 0 Å². The van der Waals surface area contributed by atoms with E-state index in [0.29, 0.717) is 0 Å². The molecule has 0 aromatic rings. The van der Waals surface area contributed by atoms with Crippen LogP contribution in [0, 0.1) is 5.92 Å². The zero-order valence-corrected chi connectivity index (χ0v) is 7.02. The van der Waals surface area contributed by atoms with Crippen LogP contribution >= 0.6 is 0 Å². The van der Waals surface area contributed by atoms with Gasteiger partial charge in [-0.05, 0) is 0 Å². The number of halogens is 3.